The molecule has 0 saturated carbocycles. The predicted octanol–water partition coefficient (Wildman–Crippen LogP) is 3.83. The number of Topliss-reactive ketones (excluding diaryl/α,β-unsaturated/α-hetero) is 1. The molecule has 0 aliphatic carbocycles. The quantitative estimate of drug-likeness (QED) is 0.854. The van der Waals surface area contributed by atoms with Gasteiger partial charge < -0.3 is 10.1 Å². The Morgan fingerprint density at radius 3 is 2.17 bits per heavy atom. The van der Waals surface area contributed by atoms with Crippen LogP contribution in [0.5, 0.6) is 5.75 Å². The fourth-order valence-electron chi connectivity index (χ4n) is 2.22. The Bertz CT molecular complexity index is 733. The maximum atomic E-state index is 12.0. The van der Waals surface area contributed by atoms with E-state index in [1.165, 1.54) is 12.5 Å². The van der Waals surface area contributed by atoms with Crippen molar-refractivity contribution in [3.63, 3.8) is 0 Å². The Balaban J connectivity index is 1.95. The Morgan fingerprint density at radius 2 is 1.57 bits per heavy atom. The second-order valence-electron chi connectivity index (χ2n) is 5.67. The first-order valence-electron chi connectivity index (χ1n) is 7.48. The van der Waals surface area contributed by atoms with Gasteiger partial charge >= 0.3 is 0 Å². The average molecular weight is 311 g/mol. The zero-order valence-corrected chi connectivity index (χ0v) is 13.9. The highest BCUT2D eigenvalue weighted by molar-refractivity contribution is 5.95. The highest BCUT2D eigenvalue weighted by Crippen LogP contribution is 2.22. The van der Waals surface area contributed by atoms with Gasteiger partial charge in [-0.2, -0.15) is 0 Å². The number of hydrogen-bond acceptors (Lipinski definition) is 3. The Morgan fingerprint density at radius 1 is 0.957 bits per heavy atom. The molecule has 0 bridgehead atoms. The number of benzene rings is 2. The van der Waals surface area contributed by atoms with E-state index in [0.717, 1.165) is 16.9 Å². The molecule has 2 aromatic carbocycles. The van der Waals surface area contributed by atoms with E-state index in [0.29, 0.717) is 11.3 Å². The monoisotopic (exact) mass is 311 g/mol. The number of rotatable bonds is 5. The molecule has 4 nitrogen and oxygen atoms in total. The summed E-state index contributed by atoms with van der Waals surface area (Å²) >= 11 is 0. The third kappa shape index (κ3) is 4.42. The normalized spacial score (nSPS) is 10.3. The minimum Gasteiger partial charge on any atom is -0.483 e. The van der Waals surface area contributed by atoms with Crippen LogP contribution in [0.2, 0.25) is 0 Å². The van der Waals surface area contributed by atoms with Gasteiger partial charge in [-0.05, 0) is 74.7 Å². The highest BCUT2D eigenvalue weighted by atomic mass is 16.5. The van der Waals surface area contributed by atoms with E-state index in [4.69, 9.17) is 4.74 Å². The smallest absolute Gasteiger partial charge is 0.262 e. The number of amides is 1. The Hall–Kier alpha value is -2.62. The molecule has 0 atom stereocenters. The van der Waals surface area contributed by atoms with E-state index in [1.807, 2.05) is 32.9 Å². The third-order valence-corrected chi connectivity index (χ3v) is 3.73. The lowest BCUT2D eigenvalue weighted by atomic mass is 10.1. The summed E-state index contributed by atoms with van der Waals surface area (Å²) < 4.78 is 5.60. The number of ether oxygens (including phenoxy) is 1. The molecule has 0 aliphatic heterocycles. The SMILES string of the molecule is CC(=O)c1ccc(NC(=O)COc2cc(C)c(C)cc2C)cc1. The summed E-state index contributed by atoms with van der Waals surface area (Å²) in [4.78, 5) is 23.2. The molecule has 1 amide bonds. The van der Waals surface area contributed by atoms with Gasteiger partial charge in [0, 0.05) is 11.3 Å². The first kappa shape index (κ1) is 16.7. The summed E-state index contributed by atoms with van der Waals surface area (Å²) in [6.07, 6.45) is 0. The molecule has 0 aliphatic rings. The molecule has 2 rings (SSSR count). The first-order chi connectivity index (χ1) is 10.9. The van der Waals surface area contributed by atoms with Crippen LogP contribution in [-0.4, -0.2) is 18.3 Å². The lowest BCUT2D eigenvalue weighted by Crippen LogP contribution is -2.20. The van der Waals surface area contributed by atoms with E-state index >= 15 is 0 Å². The van der Waals surface area contributed by atoms with Gasteiger partial charge in [-0.3, -0.25) is 9.59 Å². The summed E-state index contributed by atoms with van der Waals surface area (Å²) in [5.74, 6) is 0.477. The van der Waals surface area contributed by atoms with Crippen LogP contribution in [0.3, 0.4) is 0 Å². The van der Waals surface area contributed by atoms with Crippen LogP contribution in [-0.2, 0) is 4.79 Å². The maximum Gasteiger partial charge on any atom is 0.262 e. The summed E-state index contributed by atoms with van der Waals surface area (Å²) in [7, 11) is 0. The largest absolute Gasteiger partial charge is 0.483 e. The van der Waals surface area contributed by atoms with Gasteiger partial charge in [-0.25, -0.2) is 0 Å². The molecule has 23 heavy (non-hydrogen) atoms. The van der Waals surface area contributed by atoms with Crippen LogP contribution in [0.15, 0.2) is 36.4 Å². The number of carbonyl (C=O) groups excluding carboxylic acids is 2. The van der Waals surface area contributed by atoms with E-state index in [9.17, 15) is 9.59 Å². The fraction of sp³-hybridized carbons (Fsp3) is 0.263. The number of anilines is 1. The van der Waals surface area contributed by atoms with Crippen LogP contribution in [0.4, 0.5) is 5.69 Å². The van der Waals surface area contributed by atoms with Crippen LogP contribution >= 0.6 is 0 Å². The molecular weight excluding hydrogens is 290 g/mol. The van der Waals surface area contributed by atoms with Crippen LogP contribution in [0, 0.1) is 20.8 Å². The van der Waals surface area contributed by atoms with Crippen molar-refractivity contribution in [2.24, 2.45) is 0 Å². The summed E-state index contributed by atoms with van der Waals surface area (Å²) in [6, 6.07) is 10.8. The van der Waals surface area contributed by atoms with Crippen LogP contribution < -0.4 is 10.1 Å². The van der Waals surface area contributed by atoms with E-state index in [2.05, 4.69) is 5.32 Å². The molecule has 4 heteroatoms. The zero-order valence-electron chi connectivity index (χ0n) is 13.9. The van der Waals surface area contributed by atoms with E-state index < -0.39 is 0 Å². The van der Waals surface area contributed by atoms with Crippen molar-refractivity contribution in [3.05, 3.63) is 58.7 Å². The molecule has 120 valence electrons. The van der Waals surface area contributed by atoms with Crippen molar-refractivity contribution >= 4 is 17.4 Å². The molecular formula is C19H21NO3. The lowest BCUT2D eigenvalue weighted by molar-refractivity contribution is -0.118. The van der Waals surface area contributed by atoms with E-state index in [1.54, 1.807) is 24.3 Å². The topological polar surface area (TPSA) is 55.4 Å². The van der Waals surface area contributed by atoms with Crippen molar-refractivity contribution in [1.29, 1.82) is 0 Å². The molecule has 0 spiro atoms. The lowest BCUT2D eigenvalue weighted by Gasteiger charge is -2.12. The molecule has 0 aromatic heterocycles. The number of carbonyl (C=O) groups is 2. The molecule has 0 fully saturated rings. The van der Waals surface area contributed by atoms with Crippen LogP contribution in [0.25, 0.3) is 0 Å². The number of nitrogens with one attached hydrogen (secondary N) is 1. The van der Waals surface area contributed by atoms with Gasteiger partial charge in [0.2, 0.25) is 0 Å². The molecule has 0 unspecified atom stereocenters. The van der Waals surface area contributed by atoms with Gasteiger partial charge in [0.05, 0.1) is 0 Å². The van der Waals surface area contributed by atoms with Crippen molar-refractivity contribution in [1.82, 2.24) is 0 Å². The zero-order chi connectivity index (χ0) is 17.0. The van der Waals surface area contributed by atoms with Gasteiger partial charge in [0.25, 0.3) is 5.91 Å². The third-order valence-electron chi connectivity index (χ3n) is 3.73. The van der Waals surface area contributed by atoms with Crippen molar-refractivity contribution < 1.29 is 14.3 Å². The Kier molecular flexibility index (Phi) is 5.16. The molecule has 0 radical (unpaired) electrons. The Labute approximate surface area is 136 Å². The van der Waals surface area contributed by atoms with Gasteiger partial charge in [0.1, 0.15) is 5.75 Å². The predicted molar refractivity (Wildman–Crippen MR) is 91.2 cm³/mol. The molecule has 2 aromatic rings. The van der Waals surface area contributed by atoms with E-state index in [-0.39, 0.29) is 18.3 Å². The number of hydrogen-bond donors (Lipinski definition) is 1. The van der Waals surface area contributed by atoms with Gasteiger partial charge in [-0.1, -0.05) is 6.07 Å². The standard InChI is InChI=1S/C19H21NO3/c1-12-9-14(3)18(10-13(12)2)23-11-19(22)20-17-7-5-16(6-8-17)15(4)21/h5-10H,11H2,1-4H3,(H,20,22). The molecule has 1 N–H and O–H groups in total. The minimum atomic E-state index is -0.238. The molecule has 0 heterocycles. The number of aryl methyl sites for hydroxylation is 3. The van der Waals surface area contributed by atoms with Gasteiger partial charge in [-0.15, -0.1) is 0 Å². The van der Waals surface area contributed by atoms with Gasteiger partial charge in [0.15, 0.2) is 12.4 Å². The highest BCUT2D eigenvalue weighted by Gasteiger charge is 2.07. The average Bonchev–Trinajstić information content (AvgIpc) is 2.50. The first-order valence-corrected chi connectivity index (χ1v) is 7.48. The fourth-order valence-corrected chi connectivity index (χ4v) is 2.22. The van der Waals surface area contributed by atoms with Crippen LogP contribution in [0.1, 0.15) is 34.0 Å². The second kappa shape index (κ2) is 7.09. The number of ketones is 1. The van der Waals surface area contributed by atoms with Crippen molar-refractivity contribution in [2.45, 2.75) is 27.7 Å². The van der Waals surface area contributed by atoms with Crippen molar-refractivity contribution in [2.75, 3.05) is 11.9 Å². The van der Waals surface area contributed by atoms with Crippen molar-refractivity contribution in [3.8, 4) is 5.75 Å². The molecule has 0 saturated heterocycles. The summed E-state index contributed by atoms with van der Waals surface area (Å²) in [5, 5.41) is 2.75. The minimum absolute atomic E-state index is 0.00331. The summed E-state index contributed by atoms with van der Waals surface area (Å²) in [6.45, 7) is 7.47. The maximum absolute atomic E-state index is 12.0. The summed E-state index contributed by atoms with van der Waals surface area (Å²) in [5.41, 5.74) is 4.59. The second-order valence-corrected chi connectivity index (χ2v) is 5.67.